The molecule has 0 aromatic heterocycles. The summed E-state index contributed by atoms with van der Waals surface area (Å²) < 4.78 is 10.3. The Labute approximate surface area is 92.1 Å². The highest BCUT2D eigenvalue weighted by atomic mass is 16.6. The third-order valence-electron chi connectivity index (χ3n) is 3.24. The molecule has 88 valence electrons. The molecule has 0 N–H and O–H groups in total. The highest BCUT2D eigenvalue weighted by molar-refractivity contribution is 5.73. The third-order valence-corrected chi connectivity index (χ3v) is 3.24. The predicted octanol–water partition coefficient (Wildman–Crippen LogP) is 2.53. The molecular weight excluding hydrogens is 192 g/mol. The third kappa shape index (κ3) is 3.82. The zero-order chi connectivity index (χ0) is 11.3. The number of esters is 1. The predicted molar refractivity (Wildman–Crippen MR) is 58.6 cm³/mol. The van der Waals surface area contributed by atoms with Crippen molar-refractivity contribution in [3.05, 3.63) is 0 Å². The molecule has 0 saturated heterocycles. The van der Waals surface area contributed by atoms with Gasteiger partial charge in [-0.1, -0.05) is 26.2 Å². The van der Waals surface area contributed by atoms with Crippen molar-refractivity contribution in [1.82, 2.24) is 0 Å². The molecule has 1 fully saturated rings. The Morgan fingerprint density at radius 1 is 1.47 bits per heavy atom. The summed E-state index contributed by atoms with van der Waals surface area (Å²) in [6.07, 6.45) is 5.75. The van der Waals surface area contributed by atoms with Crippen LogP contribution in [-0.2, 0) is 14.3 Å². The molecule has 1 rings (SSSR count). The van der Waals surface area contributed by atoms with Crippen LogP contribution in [0.1, 0.15) is 46.0 Å². The molecule has 3 unspecified atom stereocenters. The smallest absolute Gasteiger partial charge is 0.334 e. The molecule has 0 heterocycles. The van der Waals surface area contributed by atoms with E-state index >= 15 is 0 Å². The molecule has 1 aliphatic carbocycles. The van der Waals surface area contributed by atoms with Crippen molar-refractivity contribution in [3.63, 3.8) is 0 Å². The lowest BCUT2D eigenvalue weighted by Gasteiger charge is -2.29. The zero-order valence-electron chi connectivity index (χ0n) is 9.99. The van der Waals surface area contributed by atoms with Crippen LogP contribution < -0.4 is 0 Å². The standard InChI is InChI=1S/C12H22O3/c1-4-10-6-5-7-11(8-10)15-9(2)12(13)14-3/h9-11H,4-8H2,1-3H3. The van der Waals surface area contributed by atoms with E-state index in [2.05, 4.69) is 11.7 Å². The average molecular weight is 214 g/mol. The number of hydrogen-bond donors (Lipinski definition) is 0. The first-order chi connectivity index (χ1) is 7.17. The molecule has 1 saturated carbocycles. The van der Waals surface area contributed by atoms with Crippen molar-refractivity contribution in [3.8, 4) is 0 Å². The molecule has 3 atom stereocenters. The van der Waals surface area contributed by atoms with E-state index in [-0.39, 0.29) is 12.1 Å². The topological polar surface area (TPSA) is 35.5 Å². The highest BCUT2D eigenvalue weighted by Gasteiger charge is 2.25. The van der Waals surface area contributed by atoms with Gasteiger partial charge in [0.15, 0.2) is 6.10 Å². The van der Waals surface area contributed by atoms with Gasteiger partial charge in [0.05, 0.1) is 13.2 Å². The van der Waals surface area contributed by atoms with Gasteiger partial charge in [-0.25, -0.2) is 4.79 Å². The SMILES string of the molecule is CCC1CCCC(OC(C)C(=O)OC)C1. The molecule has 3 heteroatoms. The Morgan fingerprint density at radius 2 is 2.20 bits per heavy atom. The zero-order valence-corrected chi connectivity index (χ0v) is 9.99. The first-order valence-electron chi connectivity index (χ1n) is 5.90. The summed E-state index contributed by atoms with van der Waals surface area (Å²) in [6, 6.07) is 0. The molecule has 15 heavy (non-hydrogen) atoms. The molecule has 0 amide bonds. The quantitative estimate of drug-likeness (QED) is 0.675. The van der Waals surface area contributed by atoms with Gasteiger partial charge in [0.25, 0.3) is 0 Å². The Hall–Kier alpha value is -0.570. The highest BCUT2D eigenvalue weighted by Crippen LogP contribution is 2.29. The minimum Gasteiger partial charge on any atom is -0.467 e. The van der Waals surface area contributed by atoms with Gasteiger partial charge in [0, 0.05) is 0 Å². The summed E-state index contributed by atoms with van der Waals surface area (Å²) >= 11 is 0. The summed E-state index contributed by atoms with van der Waals surface area (Å²) in [5.41, 5.74) is 0. The second kappa shape index (κ2) is 6.11. The van der Waals surface area contributed by atoms with E-state index in [9.17, 15) is 4.79 Å². The van der Waals surface area contributed by atoms with Crippen LogP contribution in [-0.4, -0.2) is 25.3 Å². The Bertz CT molecular complexity index is 203. The molecule has 0 aliphatic heterocycles. The van der Waals surface area contributed by atoms with Crippen molar-refractivity contribution in [1.29, 1.82) is 0 Å². The summed E-state index contributed by atoms with van der Waals surface area (Å²) in [6.45, 7) is 3.98. The van der Waals surface area contributed by atoms with Crippen molar-refractivity contribution >= 4 is 5.97 Å². The monoisotopic (exact) mass is 214 g/mol. The van der Waals surface area contributed by atoms with Crippen LogP contribution in [0.3, 0.4) is 0 Å². The maximum Gasteiger partial charge on any atom is 0.334 e. The fraction of sp³-hybridized carbons (Fsp3) is 0.917. The lowest BCUT2D eigenvalue weighted by atomic mass is 9.85. The van der Waals surface area contributed by atoms with Gasteiger partial charge in [-0.15, -0.1) is 0 Å². The molecular formula is C12H22O3. The van der Waals surface area contributed by atoms with Crippen LogP contribution in [0.4, 0.5) is 0 Å². The Morgan fingerprint density at radius 3 is 2.80 bits per heavy atom. The maximum absolute atomic E-state index is 11.2. The van der Waals surface area contributed by atoms with Gasteiger partial charge in [0.1, 0.15) is 0 Å². The largest absolute Gasteiger partial charge is 0.467 e. The fourth-order valence-corrected chi connectivity index (χ4v) is 2.25. The second-order valence-corrected chi connectivity index (χ2v) is 4.36. The molecule has 0 aromatic rings. The molecule has 0 aromatic carbocycles. The lowest BCUT2D eigenvalue weighted by molar-refractivity contribution is -0.158. The van der Waals surface area contributed by atoms with Gasteiger partial charge >= 0.3 is 5.97 Å². The van der Waals surface area contributed by atoms with Crippen molar-refractivity contribution in [2.75, 3.05) is 7.11 Å². The number of carbonyl (C=O) groups is 1. The van der Waals surface area contributed by atoms with Crippen molar-refractivity contribution in [2.24, 2.45) is 5.92 Å². The van der Waals surface area contributed by atoms with Crippen LogP contribution in [0.5, 0.6) is 0 Å². The van der Waals surface area contributed by atoms with Gasteiger partial charge in [-0.2, -0.15) is 0 Å². The first kappa shape index (κ1) is 12.5. The van der Waals surface area contributed by atoms with Crippen LogP contribution in [0, 0.1) is 5.92 Å². The molecule has 3 nitrogen and oxygen atoms in total. The normalized spacial score (nSPS) is 28.5. The van der Waals surface area contributed by atoms with E-state index in [1.165, 1.54) is 26.4 Å². The van der Waals surface area contributed by atoms with E-state index in [4.69, 9.17) is 4.74 Å². The fourth-order valence-electron chi connectivity index (χ4n) is 2.25. The van der Waals surface area contributed by atoms with Crippen LogP contribution in [0.25, 0.3) is 0 Å². The minimum absolute atomic E-state index is 0.248. The van der Waals surface area contributed by atoms with E-state index in [1.807, 2.05) is 0 Å². The summed E-state index contributed by atoms with van der Waals surface area (Å²) in [5.74, 6) is 0.502. The van der Waals surface area contributed by atoms with Gasteiger partial charge in [0.2, 0.25) is 0 Å². The number of ether oxygens (including phenoxy) is 2. The van der Waals surface area contributed by atoms with Gasteiger partial charge in [-0.3, -0.25) is 0 Å². The van der Waals surface area contributed by atoms with E-state index < -0.39 is 6.10 Å². The molecule has 0 radical (unpaired) electrons. The lowest BCUT2D eigenvalue weighted by Crippen LogP contribution is -2.31. The van der Waals surface area contributed by atoms with Gasteiger partial charge < -0.3 is 9.47 Å². The average Bonchev–Trinajstić information content (AvgIpc) is 2.28. The van der Waals surface area contributed by atoms with E-state index in [0.29, 0.717) is 0 Å². The van der Waals surface area contributed by atoms with E-state index in [1.54, 1.807) is 6.92 Å². The number of carbonyl (C=O) groups excluding carboxylic acids is 1. The molecule has 1 aliphatic rings. The maximum atomic E-state index is 11.2. The van der Waals surface area contributed by atoms with E-state index in [0.717, 1.165) is 18.8 Å². The summed E-state index contributed by atoms with van der Waals surface area (Å²) in [5, 5.41) is 0. The first-order valence-corrected chi connectivity index (χ1v) is 5.90. The number of rotatable bonds is 4. The molecule has 0 spiro atoms. The number of methoxy groups -OCH3 is 1. The minimum atomic E-state index is -0.421. The Balaban J connectivity index is 2.34. The van der Waals surface area contributed by atoms with Crippen LogP contribution in [0.15, 0.2) is 0 Å². The summed E-state index contributed by atoms with van der Waals surface area (Å²) in [4.78, 5) is 11.2. The number of hydrogen-bond acceptors (Lipinski definition) is 3. The van der Waals surface area contributed by atoms with Crippen molar-refractivity contribution in [2.45, 2.75) is 58.2 Å². The van der Waals surface area contributed by atoms with Crippen LogP contribution in [0.2, 0.25) is 0 Å². The Kier molecular flexibility index (Phi) is 5.09. The van der Waals surface area contributed by atoms with Crippen molar-refractivity contribution < 1.29 is 14.3 Å². The van der Waals surface area contributed by atoms with Crippen LogP contribution >= 0.6 is 0 Å². The molecule has 0 bridgehead atoms. The van der Waals surface area contributed by atoms with Gasteiger partial charge in [-0.05, 0) is 25.7 Å². The summed E-state index contributed by atoms with van der Waals surface area (Å²) in [7, 11) is 1.40. The second-order valence-electron chi connectivity index (χ2n) is 4.36.